The highest BCUT2D eigenvalue weighted by Crippen LogP contribution is 2.08. The van der Waals surface area contributed by atoms with Crippen LogP contribution in [-0.2, 0) is 13.0 Å². The minimum absolute atomic E-state index is 0.706. The predicted molar refractivity (Wildman–Crippen MR) is 60.2 cm³/mol. The molecular weight excluding hydrogens is 214 g/mol. The molecule has 1 N–H and O–H groups in total. The number of aromatic nitrogens is 3. The molecule has 0 aromatic carbocycles. The number of H-pyrrole nitrogens is 1. The van der Waals surface area contributed by atoms with Crippen molar-refractivity contribution in [3.8, 4) is 0 Å². The molecule has 2 heterocycles. The minimum atomic E-state index is 0.706. The first-order valence-corrected chi connectivity index (χ1v) is 5.75. The lowest BCUT2D eigenvalue weighted by Crippen LogP contribution is -2.02. The van der Waals surface area contributed by atoms with Gasteiger partial charge in [0.2, 0.25) is 0 Å². The van der Waals surface area contributed by atoms with Crippen molar-refractivity contribution in [1.82, 2.24) is 14.8 Å². The lowest BCUT2D eigenvalue weighted by atomic mass is 10.2. The van der Waals surface area contributed by atoms with E-state index >= 15 is 0 Å². The normalized spacial score (nSPS) is 10.6. The maximum atomic E-state index is 5.12. The Morgan fingerprint density at radius 1 is 1.64 bits per heavy atom. The van der Waals surface area contributed by atoms with Crippen molar-refractivity contribution in [2.75, 3.05) is 0 Å². The van der Waals surface area contributed by atoms with Crippen molar-refractivity contribution in [1.29, 1.82) is 0 Å². The van der Waals surface area contributed by atoms with E-state index in [4.69, 9.17) is 12.2 Å². The number of aryl methyl sites for hydroxylation is 2. The van der Waals surface area contributed by atoms with E-state index < -0.39 is 0 Å². The summed E-state index contributed by atoms with van der Waals surface area (Å²) >= 11 is 6.84. The molecule has 0 aliphatic carbocycles. The van der Waals surface area contributed by atoms with E-state index in [9.17, 15) is 0 Å². The molecular formula is C9H11N3S2. The number of nitrogens with one attached hydrogen (secondary N) is 1. The number of rotatable bonds is 3. The van der Waals surface area contributed by atoms with Gasteiger partial charge >= 0.3 is 0 Å². The summed E-state index contributed by atoms with van der Waals surface area (Å²) in [6.07, 6.45) is 1.01. The van der Waals surface area contributed by atoms with E-state index in [1.54, 1.807) is 11.3 Å². The largest absolute Gasteiger partial charge is 0.304 e. The molecule has 74 valence electrons. The van der Waals surface area contributed by atoms with Crippen molar-refractivity contribution >= 4 is 23.6 Å². The maximum absolute atomic E-state index is 5.12. The number of thiophene rings is 1. The molecule has 3 nitrogen and oxygen atoms in total. The van der Waals surface area contributed by atoms with Gasteiger partial charge in [0.25, 0.3) is 0 Å². The van der Waals surface area contributed by atoms with E-state index in [1.807, 2.05) is 11.5 Å². The molecule has 5 heteroatoms. The molecule has 0 spiro atoms. The van der Waals surface area contributed by atoms with E-state index in [0.29, 0.717) is 4.77 Å². The zero-order valence-corrected chi connectivity index (χ0v) is 9.49. The van der Waals surface area contributed by atoms with Crippen molar-refractivity contribution in [3.05, 3.63) is 33.0 Å². The van der Waals surface area contributed by atoms with Gasteiger partial charge in [0.05, 0.1) is 0 Å². The number of aromatic amines is 1. The second-order valence-corrected chi connectivity index (χ2v) is 4.28. The van der Waals surface area contributed by atoms with Gasteiger partial charge in [-0.15, -0.1) is 0 Å². The molecule has 14 heavy (non-hydrogen) atoms. The SMILES string of the molecule is Cc1n[nH]c(=S)n1CCc1ccsc1. The van der Waals surface area contributed by atoms with Crippen LogP contribution in [-0.4, -0.2) is 14.8 Å². The maximum Gasteiger partial charge on any atom is 0.195 e. The van der Waals surface area contributed by atoms with Crippen LogP contribution in [0.5, 0.6) is 0 Å². The molecule has 0 radical (unpaired) electrons. The lowest BCUT2D eigenvalue weighted by Gasteiger charge is -2.01. The minimum Gasteiger partial charge on any atom is -0.304 e. The summed E-state index contributed by atoms with van der Waals surface area (Å²) in [5.74, 6) is 0.949. The molecule has 2 rings (SSSR count). The third kappa shape index (κ3) is 1.93. The molecule has 2 aromatic heterocycles. The van der Waals surface area contributed by atoms with Crippen LogP contribution in [0.4, 0.5) is 0 Å². The quantitative estimate of drug-likeness (QED) is 0.814. The summed E-state index contributed by atoms with van der Waals surface area (Å²) in [7, 11) is 0. The first kappa shape index (κ1) is 9.61. The molecule has 0 amide bonds. The van der Waals surface area contributed by atoms with Gasteiger partial charge in [-0.3, -0.25) is 5.10 Å². The fourth-order valence-corrected chi connectivity index (χ4v) is 2.31. The molecule has 0 atom stereocenters. The molecule has 0 saturated heterocycles. The van der Waals surface area contributed by atoms with Crippen LogP contribution >= 0.6 is 23.6 Å². The van der Waals surface area contributed by atoms with Crippen molar-refractivity contribution in [2.24, 2.45) is 0 Å². The third-order valence-electron chi connectivity index (χ3n) is 2.15. The van der Waals surface area contributed by atoms with Gasteiger partial charge in [0, 0.05) is 6.54 Å². The standard InChI is InChI=1S/C9H11N3S2/c1-7-10-11-9(13)12(7)4-2-8-3-5-14-6-8/h3,5-6H,2,4H2,1H3,(H,11,13). The average Bonchev–Trinajstić information content (AvgIpc) is 2.76. The first-order chi connectivity index (χ1) is 6.77. The van der Waals surface area contributed by atoms with E-state index in [2.05, 4.69) is 27.0 Å². The second-order valence-electron chi connectivity index (χ2n) is 3.11. The van der Waals surface area contributed by atoms with Crippen LogP contribution in [0.2, 0.25) is 0 Å². The number of nitrogens with zero attached hydrogens (tertiary/aromatic N) is 2. The molecule has 0 aliphatic rings. The number of hydrogen-bond donors (Lipinski definition) is 1. The Kier molecular flexibility index (Phi) is 2.79. The monoisotopic (exact) mass is 225 g/mol. The van der Waals surface area contributed by atoms with Gasteiger partial charge < -0.3 is 4.57 Å². The summed E-state index contributed by atoms with van der Waals surface area (Å²) in [6, 6.07) is 2.14. The van der Waals surface area contributed by atoms with Crippen LogP contribution in [0.1, 0.15) is 11.4 Å². The van der Waals surface area contributed by atoms with Crippen molar-refractivity contribution < 1.29 is 0 Å². The Morgan fingerprint density at radius 2 is 2.50 bits per heavy atom. The van der Waals surface area contributed by atoms with Crippen LogP contribution in [0.25, 0.3) is 0 Å². The van der Waals surface area contributed by atoms with Crippen LogP contribution in [0.3, 0.4) is 0 Å². The Morgan fingerprint density at radius 3 is 3.07 bits per heavy atom. The highest BCUT2D eigenvalue weighted by Gasteiger charge is 2.00. The summed E-state index contributed by atoms with van der Waals surface area (Å²) < 4.78 is 2.73. The second kappa shape index (κ2) is 4.06. The van der Waals surface area contributed by atoms with Crippen molar-refractivity contribution in [3.63, 3.8) is 0 Å². The van der Waals surface area contributed by atoms with E-state index in [-0.39, 0.29) is 0 Å². The smallest absolute Gasteiger partial charge is 0.195 e. The Hall–Kier alpha value is -0.940. The first-order valence-electron chi connectivity index (χ1n) is 4.40. The summed E-state index contributed by atoms with van der Waals surface area (Å²) in [6.45, 7) is 2.86. The van der Waals surface area contributed by atoms with Crippen LogP contribution < -0.4 is 0 Å². The lowest BCUT2D eigenvalue weighted by molar-refractivity contribution is 0.665. The molecule has 0 aliphatic heterocycles. The number of hydrogen-bond acceptors (Lipinski definition) is 3. The molecule has 2 aromatic rings. The van der Waals surface area contributed by atoms with Gasteiger partial charge in [-0.05, 0) is 48.0 Å². The molecule has 0 bridgehead atoms. The molecule has 0 saturated carbocycles. The van der Waals surface area contributed by atoms with Gasteiger partial charge in [-0.1, -0.05) is 0 Å². The van der Waals surface area contributed by atoms with Crippen LogP contribution in [0, 0.1) is 11.7 Å². The summed E-state index contributed by atoms with van der Waals surface area (Å²) in [5.41, 5.74) is 1.36. The Balaban J connectivity index is 2.09. The van der Waals surface area contributed by atoms with Gasteiger partial charge in [-0.2, -0.15) is 16.4 Å². The fourth-order valence-electron chi connectivity index (χ4n) is 1.34. The molecule has 0 fully saturated rings. The predicted octanol–water partition coefficient (Wildman–Crippen LogP) is 2.55. The highest BCUT2D eigenvalue weighted by molar-refractivity contribution is 7.71. The van der Waals surface area contributed by atoms with E-state index in [1.165, 1.54) is 5.56 Å². The van der Waals surface area contributed by atoms with Crippen LogP contribution in [0.15, 0.2) is 16.8 Å². The van der Waals surface area contributed by atoms with Crippen molar-refractivity contribution in [2.45, 2.75) is 19.9 Å². The van der Waals surface area contributed by atoms with Gasteiger partial charge in [0.15, 0.2) is 4.77 Å². The Bertz CT molecular complexity index is 453. The zero-order chi connectivity index (χ0) is 9.97. The van der Waals surface area contributed by atoms with E-state index in [0.717, 1.165) is 18.8 Å². The highest BCUT2D eigenvalue weighted by atomic mass is 32.1. The molecule has 0 unspecified atom stereocenters. The topological polar surface area (TPSA) is 33.6 Å². The Labute approximate surface area is 91.4 Å². The van der Waals surface area contributed by atoms with Gasteiger partial charge in [-0.25, -0.2) is 0 Å². The third-order valence-corrected chi connectivity index (χ3v) is 3.20. The fraction of sp³-hybridized carbons (Fsp3) is 0.333. The summed E-state index contributed by atoms with van der Waals surface area (Å²) in [4.78, 5) is 0. The summed E-state index contributed by atoms with van der Waals surface area (Å²) in [5, 5.41) is 11.1. The zero-order valence-electron chi connectivity index (χ0n) is 7.86. The van der Waals surface area contributed by atoms with Gasteiger partial charge in [0.1, 0.15) is 5.82 Å². The average molecular weight is 225 g/mol.